The predicted molar refractivity (Wildman–Crippen MR) is 110 cm³/mol. The van der Waals surface area contributed by atoms with E-state index in [-0.39, 0.29) is 23.8 Å². The van der Waals surface area contributed by atoms with Gasteiger partial charge in [0.1, 0.15) is 18.1 Å². The average Bonchev–Trinajstić information content (AvgIpc) is 3.23. The number of carbonyl (C=O) groups is 4. The van der Waals surface area contributed by atoms with Gasteiger partial charge in [0.25, 0.3) is 0 Å². The van der Waals surface area contributed by atoms with Gasteiger partial charge >= 0.3 is 5.97 Å². The van der Waals surface area contributed by atoms with Crippen LogP contribution in [0, 0.1) is 11.8 Å². The topological polar surface area (TPSA) is 157 Å². The summed E-state index contributed by atoms with van der Waals surface area (Å²) in [5.74, 6) is -3.07. The molecule has 1 saturated heterocycles. The van der Waals surface area contributed by atoms with Crippen LogP contribution in [0.3, 0.4) is 0 Å². The molecule has 10 heteroatoms. The molecule has 5 unspecified atom stereocenters. The molecule has 1 fully saturated rings. The molecule has 5 atom stereocenters. The highest BCUT2D eigenvalue weighted by Crippen LogP contribution is 2.10. The Balaban J connectivity index is 2.80. The molecule has 1 aliphatic rings. The summed E-state index contributed by atoms with van der Waals surface area (Å²) in [6, 6.07) is -3.67. The third-order valence-electron chi connectivity index (χ3n) is 5.31. The van der Waals surface area contributed by atoms with Gasteiger partial charge in [-0.15, -0.1) is 0 Å². The Kier molecular flexibility index (Phi) is 10.8. The summed E-state index contributed by atoms with van der Waals surface area (Å²) in [5, 5.41) is 29.5. The van der Waals surface area contributed by atoms with Crippen molar-refractivity contribution in [2.75, 3.05) is 13.2 Å². The van der Waals surface area contributed by atoms with Crippen LogP contribution in [0.4, 0.5) is 0 Å². The Hall–Kier alpha value is -2.20. The van der Waals surface area contributed by atoms with Gasteiger partial charge in [0.05, 0.1) is 12.6 Å². The lowest BCUT2D eigenvalue weighted by Crippen LogP contribution is -2.58. The van der Waals surface area contributed by atoms with Gasteiger partial charge in [-0.05, 0) is 37.6 Å². The fraction of sp³-hybridized carbons (Fsp3) is 0.800. The maximum atomic E-state index is 12.8. The molecule has 0 aliphatic carbocycles. The maximum absolute atomic E-state index is 12.8. The Labute approximate surface area is 177 Å². The van der Waals surface area contributed by atoms with Crippen molar-refractivity contribution in [3.05, 3.63) is 0 Å². The normalized spacial score (nSPS) is 20.1. The minimum absolute atomic E-state index is 0.0979. The van der Waals surface area contributed by atoms with Crippen molar-refractivity contribution in [3.63, 3.8) is 0 Å². The van der Waals surface area contributed by atoms with E-state index in [9.17, 15) is 29.4 Å². The molecular formula is C20H36N4O6. The van der Waals surface area contributed by atoms with Crippen LogP contribution >= 0.6 is 0 Å². The minimum atomic E-state index is -1.32. The molecule has 1 heterocycles. The van der Waals surface area contributed by atoms with Crippen LogP contribution in [0.15, 0.2) is 0 Å². The number of hydrogen-bond donors (Lipinski definition) is 6. The van der Waals surface area contributed by atoms with E-state index < -0.39 is 42.5 Å². The Morgan fingerprint density at radius 3 is 2.13 bits per heavy atom. The molecule has 3 amide bonds. The van der Waals surface area contributed by atoms with E-state index in [0.717, 1.165) is 13.0 Å². The van der Waals surface area contributed by atoms with Crippen LogP contribution in [0.25, 0.3) is 0 Å². The molecule has 0 spiro atoms. The smallest absolute Gasteiger partial charge is 0.326 e. The summed E-state index contributed by atoms with van der Waals surface area (Å²) in [5.41, 5.74) is 0. The Morgan fingerprint density at radius 2 is 1.67 bits per heavy atom. The summed E-state index contributed by atoms with van der Waals surface area (Å²) < 4.78 is 0. The fourth-order valence-corrected chi connectivity index (χ4v) is 3.29. The van der Waals surface area contributed by atoms with Crippen LogP contribution in [0.2, 0.25) is 0 Å². The zero-order valence-electron chi connectivity index (χ0n) is 18.2. The number of carboxylic acid groups (broad SMARTS) is 1. The number of rotatable bonds is 12. The molecule has 0 radical (unpaired) electrons. The highest BCUT2D eigenvalue weighted by atomic mass is 16.4. The van der Waals surface area contributed by atoms with E-state index in [4.69, 9.17) is 0 Å². The van der Waals surface area contributed by atoms with E-state index in [0.29, 0.717) is 19.3 Å². The number of aliphatic hydroxyl groups is 1. The quantitative estimate of drug-likeness (QED) is 0.241. The van der Waals surface area contributed by atoms with Crippen molar-refractivity contribution < 1.29 is 29.4 Å². The van der Waals surface area contributed by atoms with Crippen molar-refractivity contribution in [1.29, 1.82) is 0 Å². The second kappa shape index (κ2) is 12.5. The summed E-state index contributed by atoms with van der Waals surface area (Å²) in [7, 11) is 0. The lowest BCUT2D eigenvalue weighted by molar-refractivity contribution is -0.144. The first-order valence-corrected chi connectivity index (χ1v) is 10.6. The standard InChI is InChI=1S/C20H36N4O6/c1-5-12(4)16(20(29)30)24-19(28)15(10-25)23-18(27)14(9-11(2)3)22-17(26)13-7-6-8-21-13/h11-16,21,25H,5-10H2,1-4H3,(H,22,26)(H,23,27)(H,24,28)(H,29,30). The molecule has 1 rings (SSSR count). The van der Waals surface area contributed by atoms with Crippen molar-refractivity contribution >= 4 is 23.7 Å². The van der Waals surface area contributed by atoms with Gasteiger partial charge in [-0.2, -0.15) is 0 Å². The van der Waals surface area contributed by atoms with Crippen molar-refractivity contribution in [1.82, 2.24) is 21.3 Å². The molecule has 0 aromatic rings. The predicted octanol–water partition coefficient (Wildman–Crippen LogP) is -0.638. The molecule has 10 nitrogen and oxygen atoms in total. The van der Waals surface area contributed by atoms with E-state index in [1.54, 1.807) is 13.8 Å². The first-order chi connectivity index (χ1) is 14.1. The summed E-state index contributed by atoms with van der Waals surface area (Å²) >= 11 is 0. The number of hydrogen-bond acceptors (Lipinski definition) is 6. The molecule has 0 aromatic heterocycles. The Morgan fingerprint density at radius 1 is 1.03 bits per heavy atom. The van der Waals surface area contributed by atoms with Gasteiger partial charge in [0.15, 0.2) is 0 Å². The minimum Gasteiger partial charge on any atom is -0.480 e. The second-order valence-corrected chi connectivity index (χ2v) is 8.29. The van der Waals surface area contributed by atoms with Crippen LogP contribution in [0.5, 0.6) is 0 Å². The molecule has 0 aromatic carbocycles. The monoisotopic (exact) mass is 428 g/mol. The van der Waals surface area contributed by atoms with Gasteiger partial charge in [0.2, 0.25) is 17.7 Å². The first-order valence-electron chi connectivity index (χ1n) is 10.6. The molecule has 0 bridgehead atoms. The van der Waals surface area contributed by atoms with Gasteiger partial charge in [-0.1, -0.05) is 34.1 Å². The molecule has 172 valence electrons. The van der Waals surface area contributed by atoms with Gasteiger partial charge in [0, 0.05) is 0 Å². The average molecular weight is 429 g/mol. The summed E-state index contributed by atoms with van der Waals surface area (Å²) in [4.78, 5) is 49.1. The highest BCUT2D eigenvalue weighted by molar-refractivity contribution is 5.94. The van der Waals surface area contributed by atoms with E-state index in [1.165, 1.54) is 0 Å². The van der Waals surface area contributed by atoms with E-state index >= 15 is 0 Å². The third kappa shape index (κ3) is 7.91. The largest absolute Gasteiger partial charge is 0.480 e. The highest BCUT2D eigenvalue weighted by Gasteiger charge is 2.32. The number of amides is 3. The maximum Gasteiger partial charge on any atom is 0.326 e. The zero-order chi connectivity index (χ0) is 22.8. The SMILES string of the molecule is CCC(C)C(NC(=O)C(CO)NC(=O)C(CC(C)C)NC(=O)C1CCCN1)C(=O)O. The molecule has 0 saturated carbocycles. The van der Waals surface area contributed by atoms with Crippen molar-refractivity contribution in [2.24, 2.45) is 11.8 Å². The Bertz CT molecular complexity index is 606. The van der Waals surface area contributed by atoms with Crippen LogP contribution in [0.1, 0.15) is 53.4 Å². The first kappa shape index (κ1) is 25.8. The zero-order valence-corrected chi connectivity index (χ0v) is 18.2. The number of carbonyl (C=O) groups excluding carboxylic acids is 3. The lowest BCUT2D eigenvalue weighted by atomic mass is 9.99. The van der Waals surface area contributed by atoms with Gasteiger partial charge in [-0.3, -0.25) is 14.4 Å². The van der Waals surface area contributed by atoms with Crippen molar-refractivity contribution in [2.45, 2.75) is 77.5 Å². The third-order valence-corrected chi connectivity index (χ3v) is 5.31. The van der Waals surface area contributed by atoms with Crippen LogP contribution in [-0.4, -0.2) is 71.2 Å². The number of aliphatic carboxylic acids is 1. The van der Waals surface area contributed by atoms with Crippen LogP contribution in [-0.2, 0) is 19.2 Å². The summed E-state index contributed by atoms with van der Waals surface area (Å²) in [6.07, 6.45) is 2.46. The van der Waals surface area contributed by atoms with Gasteiger partial charge < -0.3 is 31.5 Å². The number of aliphatic hydroxyl groups excluding tert-OH is 1. The number of nitrogens with one attached hydrogen (secondary N) is 4. The fourth-order valence-electron chi connectivity index (χ4n) is 3.29. The van der Waals surface area contributed by atoms with Crippen molar-refractivity contribution in [3.8, 4) is 0 Å². The molecule has 6 N–H and O–H groups in total. The molecule has 1 aliphatic heterocycles. The van der Waals surface area contributed by atoms with Gasteiger partial charge in [-0.25, -0.2) is 4.79 Å². The van der Waals surface area contributed by atoms with E-state index in [2.05, 4.69) is 21.3 Å². The molecular weight excluding hydrogens is 392 g/mol. The van der Waals surface area contributed by atoms with Crippen LogP contribution < -0.4 is 21.3 Å². The number of carboxylic acids is 1. The summed E-state index contributed by atoms with van der Waals surface area (Å²) in [6.45, 7) is 7.34. The molecule has 30 heavy (non-hydrogen) atoms. The lowest BCUT2D eigenvalue weighted by Gasteiger charge is -2.26. The van der Waals surface area contributed by atoms with E-state index in [1.807, 2.05) is 13.8 Å². The second-order valence-electron chi connectivity index (χ2n) is 8.29.